The van der Waals surface area contributed by atoms with E-state index >= 15 is 0 Å². The van der Waals surface area contributed by atoms with Gasteiger partial charge in [0.05, 0.1) is 6.10 Å². The van der Waals surface area contributed by atoms with E-state index in [0.717, 1.165) is 17.7 Å². The molecule has 0 radical (unpaired) electrons. The zero-order valence-corrected chi connectivity index (χ0v) is 12.9. The van der Waals surface area contributed by atoms with Gasteiger partial charge < -0.3 is 15.4 Å². The summed E-state index contributed by atoms with van der Waals surface area (Å²) in [7, 11) is 1.67. The summed E-state index contributed by atoms with van der Waals surface area (Å²) < 4.78 is 5.19. The summed E-state index contributed by atoms with van der Waals surface area (Å²) in [6.45, 7) is 6.68. The predicted molar refractivity (Wildman–Crippen MR) is 82.2 cm³/mol. The molecule has 0 aliphatic rings. The van der Waals surface area contributed by atoms with Crippen LogP contribution in [-0.4, -0.2) is 30.1 Å². The molecule has 0 saturated heterocycles. The molecule has 0 spiro atoms. The molecule has 1 aromatic carbocycles. The lowest BCUT2D eigenvalue weighted by Gasteiger charge is -2.27. The normalized spacial score (nSPS) is 12.4. The Hall–Kier alpha value is -1.55. The van der Waals surface area contributed by atoms with Crippen molar-refractivity contribution in [3.05, 3.63) is 29.8 Å². The number of benzene rings is 1. The quantitative estimate of drug-likeness (QED) is 0.780. The molecule has 1 atom stereocenters. The maximum atomic E-state index is 12.3. The molecule has 4 nitrogen and oxygen atoms in total. The fourth-order valence-electron chi connectivity index (χ4n) is 1.97. The van der Waals surface area contributed by atoms with Gasteiger partial charge in [-0.2, -0.15) is 0 Å². The van der Waals surface area contributed by atoms with E-state index in [1.54, 1.807) is 7.11 Å². The number of nitrogens with zero attached hydrogens (tertiary/aromatic N) is 1. The van der Waals surface area contributed by atoms with Crippen molar-refractivity contribution >= 4 is 11.6 Å². The van der Waals surface area contributed by atoms with Crippen LogP contribution in [0.5, 0.6) is 0 Å². The first-order chi connectivity index (χ1) is 9.43. The monoisotopic (exact) mass is 278 g/mol. The van der Waals surface area contributed by atoms with Crippen molar-refractivity contribution in [1.29, 1.82) is 0 Å². The molecule has 0 aromatic heterocycles. The van der Waals surface area contributed by atoms with Crippen LogP contribution in [0.4, 0.5) is 5.69 Å². The number of methoxy groups -OCH3 is 1. The number of nitrogens with two attached hydrogens (primary N) is 1. The van der Waals surface area contributed by atoms with Crippen LogP contribution in [0.15, 0.2) is 24.3 Å². The van der Waals surface area contributed by atoms with Gasteiger partial charge in [0.2, 0.25) is 5.91 Å². The van der Waals surface area contributed by atoms with Gasteiger partial charge in [-0.3, -0.25) is 4.79 Å². The molecule has 0 saturated carbocycles. The number of carbonyl (C=O) groups is 1. The summed E-state index contributed by atoms with van der Waals surface area (Å²) in [5.74, 6) is 0.167. The van der Waals surface area contributed by atoms with Gasteiger partial charge >= 0.3 is 0 Å². The average Bonchev–Trinajstić information content (AvgIpc) is 2.43. The predicted octanol–water partition coefficient (Wildman–Crippen LogP) is 2.82. The SMILES string of the molecule is COC(C)CCC(=O)N(Cc1ccc(N)cc1)C(C)C. The number of hydrogen-bond donors (Lipinski definition) is 1. The smallest absolute Gasteiger partial charge is 0.223 e. The molecule has 20 heavy (non-hydrogen) atoms. The first-order valence-electron chi connectivity index (χ1n) is 7.10. The molecular formula is C16H26N2O2. The van der Waals surface area contributed by atoms with Crippen molar-refractivity contribution in [2.45, 2.75) is 52.3 Å². The number of hydrogen-bond acceptors (Lipinski definition) is 3. The molecule has 1 amide bonds. The maximum Gasteiger partial charge on any atom is 0.223 e. The van der Waals surface area contributed by atoms with Crippen molar-refractivity contribution in [3.8, 4) is 0 Å². The Labute approximate surface area is 121 Å². The number of carbonyl (C=O) groups excluding carboxylic acids is 1. The van der Waals surface area contributed by atoms with Gasteiger partial charge in [0.1, 0.15) is 0 Å². The van der Waals surface area contributed by atoms with Gasteiger partial charge in [-0.15, -0.1) is 0 Å². The van der Waals surface area contributed by atoms with Crippen molar-refractivity contribution in [2.75, 3.05) is 12.8 Å². The molecule has 1 unspecified atom stereocenters. The summed E-state index contributed by atoms with van der Waals surface area (Å²) in [4.78, 5) is 14.2. The second-order valence-electron chi connectivity index (χ2n) is 5.44. The third kappa shape index (κ3) is 5.21. The van der Waals surface area contributed by atoms with E-state index in [-0.39, 0.29) is 18.1 Å². The summed E-state index contributed by atoms with van der Waals surface area (Å²) >= 11 is 0. The highest BCUT2D eigenvalue weighted by molar-refractivity contribution is 5.76. The Morgan fingerprint density at radius 3 is 2.35 bits per heavy atom. The average molecular weight is 278 g/mol. The molecule has 1 aromatic rings. The Morgan fingerprint density at radius 2 is 1.85 bits per heavy atom. The fourth-order valence-corrected chi connectivity index (χ4v) is 1.97. The van der Waals surface area contributed by atoms with Crippen LogP contribution in [0.3, 0.4) is 0 Å². The minimum atomic E-state index is 0.115. The third-order valence-corrected chi connectivity index (χ3v) is 3.44. The van der Waals surface area contributed by atoms with Crippen LogP contribution in [0, 0.1) is 0 Å². The first-order valence-corrected chi connectivity index (χ1v) is 7.10. The first kappa shape index (κ1) is 16.5. The second kappa shape index (κ2) is 7.90. The van der Waals surface area contributed by atoms with Gasteiger partial charge in [0.25, 0.3) is 0 Å². The Bertz CT molecular complexity index is 415. The lowest BCUT2D eigenvalue weighted by molar-refractivity contribution is -0.134. The molecular weight excluding hydrogens is 252 g/mol. The summed E-state index contributed by atoms with van der Waals surface area (Å²) in [5.41, 5.74) is 7.52. The summed E-state index contributed by atoms with van der Waals surface area (Å²) in [6, 6.07) is 7.85. The van der Waals surface area contributed by atoms with E-state index in [9.17, 15) is 4.79 Å². The lowest BCUT2D eigenvalue weighted by atomic mass is 10.1. The maximum absolute atomic E-state index is 12.3. The largest absolute Gasteiger partial charge is 0.399 e. The van der Waals surface area contributed by atoms with E-state index in [1.165, 1.54) is 0 Å². The van der Waals surface area contributed by atoms with Crippen LogP contribution in [0.2, 0.25) is 0 Å². The standard InChI is InChI=1S/C16H26N2O2/c1-12(2)18(16(19)10-5-13(3)20-4)11-14-6-8-15(17)9-7-14/h6-9,12-13H,5,10-11,17H2,1-4H3. The molecule has 0 bridgehead atoms. The molecule has 2 N–H and O–H groups in total. The number of nitrogen functional groups attached to an aromatic ring is 1. The van der Waals surface area contributed by atoms with Crippen LogP contribution in [-0.2, 0) is 16.1 Å². The zero-order chi connectivity index (χ0) is 15.1. The van der Waals surface area contributed by atoms with E-state index < -0.39 is 0 Å². The second-order valence-corrected chi connectivity index (χ2v) is 5.44. The molecule has 0 aliphatic heterocycles. The highest BCUT2D eigenvalue weighted by Gasteiger charge is 2.17. The molecule has 0 aliphatic carbocycles. The van der Waals surface area contributed by atoms with Crippen LogP contribution in [0.1, 0.15) is 39.2 Å². The fraction of sp³-hybridized carbons (Fsp3) is 0.562. The van der Waals surface area contributed by atoms with Crippen molar-refractivity contribution in [1.82, 2.24) is 4.90 Å². The molecule has 0 fully saturated rings. The van der Waals surface area contributed by atoms with E-state index in [2.05, 4.69) is 0 Å². The van der Waals surface area contributed by atoms with E-state index in [0.29, 0.717) is 13.0 Å². The molecule has 112 valence electrons. The molecule has 0 heterocycles. The molecule has 4 heteroatoms. The van der Waals surface area contributed by atoms with Crippen LogP contribution >= 0.6 is 0 Å². The van der Waals surface area contributed by atoms with Gasteiger partial charge in [-0.1, -0.05) is 12.1 Å². The Balaban J connectivity index is 2.64. The number of rotatable bonds is 7. The third-order valence-electron chi connectivity index (χ3n) is 3.44. The van der Waals surface area contributed by atoms with Gasteiger partial charge in [-0.25, -0.2) is 0 Å². The minimum absolute atomic E-state index is 0.115. The number of anilines is 1. The van der Waals surface area contributed by atoms with Gasteiger partial charge in [0.15, 0.2) is 0 Å². The van der Waals surface area contributed by atoms with Crippen molar-refractivity contribution < 1.29 is 9.53 Å². The minimum Gasteiger partial charge on any atom is -0.399 e. The van der Waals surface area contributed by atoms with Gasteiger partial charge in [0, 0.05) is 31.8 Å². The highest BCUT2D eigenvalue weighted by atomic mass is 16.5. The van der Waals surface area contributed by atoms with Crippen molar-refractivity contribution in [2.24, 2.45) is 0 Å². The van der Waals surface area contributed by atoms with Crippen LogP contribution in [0.25, 0.3) is 0 Å². The van der Waals surface area contributed by atoms with E-state index in [1.807, 2.05) is 49.9 Å². The summed E-state index contributed by atoms with van der Waals surface area (Å²) in [6.07, 6.45) is 1.38. The Kier molecular flexibility index (Phi) is 6.52. The topological polar surface area (TPSA) is 55.6 Å². The number of amides is 1. The van der Waals surface area contributed by atoms with E-state index in [4.69, 9.17) is 10.5 Å². The van der Waals surface area contributed by atoms with Gasteiger partial charge in [-0.05, 0) is 44.9 Å². The Morgan fingerprint density at radius 1 is 1.25 bits per heavy atom. The lowest BCUT2D eigenvalue weighted by Crippen LogP contribution is -2.36. The van der Waals surface area contributed by atoms with Crippen LogP contribution < -0.4 is 5.73 Å². The molecule has 1 rings (SSSR count). The number of ether oxygens (including phenoxy) is 1. The van der Waals surface area contributed by atoms with Crippen molar-refractivity contribution in [3.63, 3.8) is 0 Å². The highest BCUT2D eigenvalue weighted by Crippen LogP contribution is 2.13. The zero-order valence-electron chi connectivity index (χ0n) is 12.9. The summed E-state index contributed by atoms with van der Waals surface area (Å²) in [5, 5.41) is 0.